The third kappa shape index (κ3) is 3.83. The first-order chi connectivity index (χ1) is 13.2. The Hall–Kier alpha value is -3.18. The highest BCUT2D eigenvalue weighted by Crippen LogP contribution is 2.27. The molecule has 4 rings (SSSR count). The third-order valence-corrected chi connectivity index (χ3v) is 5.11. The summed E-state index contributed by atoms with van der Waals surface area (Å²) in [5.41, 5.74) is 1.45. The van der Waals surface area contributed by atoms with Crippen LogP contribution < -0.4 is 5.56 Å². The fourth-order valence-corrected chi connectivity index (χ4v) is 3.58. The van der Waals surface area contributed by atoms with Crippen LogP contribution in [0.15, 0.2) is 98.5 Å². The third-order valence-electron chi connectivity index (χ3n) is 4.10. The summed E-state index contributed by atoms with van der Waals surface area (Å²) in [7, 11) is 0. The molecule has 1 heterocycles. The van der Waals surface area contributed by atoms with Gasteiger partial charge in [-0.3, -0.25) is 4.79 Å². The minimum absolute atomic E-state index is 0.161. The van der Waals surface area contributed by atoms with Crippen LogP contribution in [-0.4, -0.2) is 15.9 Å². The molecule has 0 aliphatic rings. The lowest BCUT2D eigenvalue weighted by atomic mass is 10.2. The van der Waals surface area contributed by atoms with Crippen LogP contribution in [0.3, 0.4) is 0 Å². The van der Waals surface area contributed by atoms with E-state index in [1.54, 1.807) is 31.0 Å². The average Bonchev–Trinajstić information content (AvgIpc) is 2.70. The highest BCUT2D eigenvalue weighted by atomic mass is 32.2. The number of hydrogen-bond acceptors (Lipinski definition) is 4. The number of aryl methyl sites for hydroxylation is 1. The van der Waals surface area contributed by atoms with Crippen molar-refractivity contribution in [3.05, 3.63) is 101 Å². The van der Waals surface area contributed by atoms with Crippen LogP contribution in [-0.2, 0) is 0 Å². The number of benzene rings is 3. The lowest BCUT2D eigenvalue weighted by molar-refractivity contribution is 0.771. The van der Waals surface area contributed by atoms with Crippen molar-refractivity contribution < 1.29 is 0 Å². The lowest BCUT2D eigenvalue weighted by Crippen LogP contribution is -2.20. The first-order valence-corrected chi connectivity index (χ1v) is 9.38. The van der Waals surface area contributed by atoms with Crippen LogP contribution in [0.2, 0.25) is 0 Å². The minimum Gasteiger partial charge on any atom is -0.267 e. The molecule has 0 spiro atoms. The van der Waals surface area contributed by atoms with Crippen LogP contribution in [0.4, 0.5) is 0 Å². The number of fused-ring (bicyclic) bond motifs is 1. The van der Waals surface area contributed by atoms with Gasteiger partial charge in [0.05, 0.1) is 17.1 Å². The highest BCUT2D eigenvalue weighted by Gasteiger charge is 2.06. The van der Waals surface area contributed by atoms with Gasteiger partial charge in [-0.2, -0.15) is 9.78 Å². The molecule has 0 aliphatic heterocycles. The molecule has 0 fully saturated rings. The molecule has 0 saturated heterocycles. The largest absolute Gasteiger partial charge is 0.282 e. The molecule has 0 atom stereocenters. The molecule has 5 heteroatoms. The van der Waals surface area contributed by atoms with E-state index < -0.39 is 0 Å². The van der Waals surface area contributed by atoms with Crippen molar-refractivity contribution in [1.82, 2.24) is 9.66 Å². The van der Waals surface area contributed by atoms with Crippen LogP contribution in [0.1, 0.15) is 11.4 Å². The second kappa shape index (κ2) is 7.60. The van der Waals surface area contributed by atoms with Crippen molar-refractivity contribution >= 4 is 28.9 Å². The lowest BCUT2D eigenvalue weighted by Gasteiger charge is -2.05. The molecule has 0 bridgehead atoms. The molecule has 0 N–H and O–H groups in total. The first kappa shape index (κ1) is 17.2. The Morgan fingerprint density at radius 1 is 0.889 bits per heavy atom. The molecule has 27 heavy (non-hydrogen) atoms. The maximum Gasteiger partial charge on any atom is 0.282 e. The van der Waals surface area contributed by atoms with Crippen LogP contribution >= 0.6 is 11.8 Å². The van der Waals surface area contributed by atoms with Crippen molar-refractivity contribution in [3.63, 3.8) is 0 Å². The summed E-state index contributed by atoms with van der Waals surface area (Å²) in [6.45, 7) is 1.78. The molecule has 0 saturated carbocycles. The molecule has 1 aromatic heterocycles. The highest BCUT2D eigenvalue weighted by molar-refractivity contribution is 7.99. The Morgan fingerprint density at radius 2 is 1.56 bits per heavy atom. The summed E-state index contributed by atoms with van der Waals surface area (Å²) in [6.07, 6.45) is 1.68. The van der Waals surface area contributed by atoms with Crippen LogP contribution in [0.5, 0.6) is 0 Å². The SMILES string of the molecule is Cc1nc2ccccc2c(=O)n1N=Cc1ccc(Sc2ccccc2)cc1. The van der Waals surface area contributed by atoms with E-state index in [9.17, 15) is 4.79 Å². The van der Waals surface area contributed by atoms with Gasteiger partial charge in [0.15, 0.2) is 0 Å². The standard InChI is InChI=1S/C22H17N3OS/c1-16-24-21-10-6-5-9-20(21)22(26)25(16)23-15-17-11-13-19(14-12-17)27-18-7-3-2-4-8-18/h2-15H,1H3. The zero-order valence-corrected chi connectivity index (χ0v) is 15.6. The Labute approximate surface area is 161 Å². The summed E-state index contributed by atoms with van der Waals surface area (Å²) >= 11 is 1.71. The van der Waals surface area contributed by atoms with E-state index in [-0.39, 0.29) is 5.56 Å². The molecule has 132 valence electrons. The summed E-state index contributed by atoms with van der Waals surface area (Å²) in [5.74, 6) is 0.561. The van der Waals surface area contributed by atoms with E-state index >= 15 is 0 Å². The molecular weight excluding hydrogens is 354 g/mol. The van der Waals surface area contributed by atoms with Crippen molar-refractivity contribution in [2.75, 3.05) is 0 Å². The molecule has 0 aliphatic carbocycles. The van der Waals surface area contributed by atoms with E-state index in [0.717, 1.165) is 10.5 Å². The molecule has 4 aromatic rings. The van der Waals surface area contributed by atoms with E-state index in [1.807, 2.05) is 60.7 Å². The van der Waals surface area contributed by atoms with Gasteiger partial charge in [-0.15, -0.1) is 0 Å². The van der Waals surface area contributed by atoms with E-state index in [0.29, 0.717) is 16.7 Å². The zero-order chi connectivity index (χ0) is 18.6. The summed E-state index contributed by atoms with van der Waals surface area (Å²) in [6, 6.07) is 25.6. The molecule has 0 radical (unpaired) electrons. The van der Waals surface area contributed by atoms with Gasteiger partial charge in [0.25, 0.3) is 5.56 Å². The van der Waals surface area contributed by atoms with Gasteiger partial charge in [-0.1, -0.05) is 54.2 Å². The number of aromatic nitrogens is 2. The maximum atomic E-state index is 12.6. The second-order valence-corrected chi connectivity index (χ2v) is 7.17. The van der Waals surface area contributed by atoms with Crippen molar-refractivity contribution in [2.24, 2.45) is 5.10 Å². The summed E-state index contributed by atoms with van der Waals surface area (Å²) in [4.78, 5) is 19.4. The Morgan fingerprint density at radius 3 is 2.33 bits per heavy atom. The van der Waals surface area contributed by atoms with Crippen LogP contribution in [0.25, 0.3) is 10.9 Å². The van der Waals surface area contributed by atoms with Crippen LogP contribution in [0, 0.1) is 6.92 Å². The fraction of sp³-hybridized carbons (Fsp3) is 0.0455. The normalized spacial score (nSPS) is 11.3. The quantitative estimate of drug-likeness (QED) is 0.487. The van der Waals surface area contributed by atoms with E-state index in [2.05, 4.69) is 22.2 Å². The van der Waals surface area contributed by atoms with Gasteiger partial charge in [0, 0.05) is 9.79 Å². The first-order valence-electron chi connectivity index (χ1n) is 8.56. The molecule has 0 amide bonds. The van der Waals surface area contributed by atoms with Crippen molar-refractivity contribution in [3.8, 4) is 0 Å². The number of nitrogens with zero attached hydrogens (tertiary/aromatic N) is 3. The van der Waals surface area contributed by atoms with E-state index in [1.165, 1.54) is 9.57 Å². The van der Waals surface area contributed by atoms with Gasteiger partial charge >= 0.3 is 0 Å². The summed E-state index contributed by atoms with van der Waals surface area (Å²) < 4.78 is 1.34. The smallest absolute Gasteiger partial charge is 0.267 e. The predicted octanol–water partition coefficient (Wildman–Crippen LogP) is 4.74. The fourth-order valence-electron chi connectivity index (χ4n) is 2.74. The van der Waals surface area contributed by atoms with Gasteiger partial charge < -0.3 is 0 Å². The van der Waals surface area contributed by atoms with E-state index in [4.69, 9.17) is 0 Å². The van der Waals surface area contributed by atoms with Gasteiger partial charge in [0.1, 0.15) is 5.82 Å². The van der Waals surface area contributed by atoms with Gasteiger partial charge in [-0.05, 0) is 48.9 Å². The molecular formula is C22H17N3OS. The average molecular weight is 371 g/mol. The van der Waals surface area contributed by atoms with Crippen molar-refractivity contribution in [1.29, 1.82) is 0 Å². The zero-order valence-electron chi connectivity index (χ0n) is 14.7. The molecule has 0 unspecified atom stereocenters. The monoisotopic (exact) mass is 371 g/mol. The van der Waals surface area contributed by atoms with Gasteiger partial charge in [-0.25, -0.2) is 4.98 Å². The molecule has 4 nitrogen and oxygen atoms in total. The topological polar surface area (TPSA) is 47.2 Å². The predicted molar refractivity (Wildman–Crippen MR) is 111 cm³/mol. The number of para-hydroxylation sites is 1. The second-order valence-electron chi connectivity index (χ2n) is 6.02. The van der Waals surface area contributed by atoms with Gasteiger partial charge in [0.2, 0.25) is 0 Å². The summed E-state index contributed by atoms with van der Waals surface area (Å²) in [5, 5.41) is 4.91. The number of hydrogen-bond donors (Lipinski definition) is 0. The van der Waals surface area contributed by atoms with Crippen molar-refractivity contribution in [2.45, 2.75) is 16.7 Å². The Kier molecular flexibility index (Phi) is 4.85. The molecule has 3 aromatic carbocycles. The Bertz CT molecular complexity index is 1170. The maximum absolute atomic E-state index is 12.6. The Balaban J connectivity index is 1.58. The number of rotatable bonds is 4. The minimum atomic E-state index is -0.161.